The second-order valence-electron chi connectivity index (χ2n) is 5.85. The summed E-state index contributed by atoms with van der Waals surface area (Å²) in [5, 5.41) is 20.1. The minimum atomic E-state index is -0.624. The Morgan fingerprint density at radius 2 is 2.04 bits per heavy atom. The summed E-state index contributed by atoms with van der Waals surface area (Å²) < 4.78 is 11.5. The number of benzene rings is 1. The number of ether oxygens (including phenoxy) is 2. The van der Waals surface area contributed by atoms with E-state index in [4.69, 9.17) is 9.47 Å². The smallest absolute Gasteiger partial charge is 0.271 e. The van der Waals surface area contributed by atoms with E-state index in [2.05, 4.69) is 0 Å². The van der Waals surface area contributed by atoms with Gasteiger partial charge < -0.3 is 14.6 Å². The molecule has 1 aromatic heterocycles. The Morgan fingerprint density at radius 3 is 2.67 bits per heavy atom. The van der Waals surface area contributed by atoms with Crippen LogP contribution in [0.15, 0.2) is 29.1 Å². The molecule has 0 amide bonds. The molecule has 7 nitrogen and oxygen atoms in total. The van der Waals surface area contributed by atoms with Gasteiger partial charge in [-0.15, -0.1) is 0 Å². The first-order valence-corrected chi connectivity index (χ1v) is 8.59. The largest absolute Gasteiger partial charge is 0.496 e. The van der Waals surface area contributed by atoms with Crippen LogP contribution in [0.2, 0.25) is 0 Å². The lowest BCUT2D eigenvalue weighted by Gasteiger charge is -2.16. The molecule has 0 atom stereocenters. The molecule has 1 heterocycles. The van der Waals surface area contributed by atoms with Crippen molar-refractivity contribution in [1.29, 1.82) is 5.26 Å². The second-order valence-corrected chi connectivity index (χ2v) is 5.85. The quantitative estimate of drug-likeness (QED) is 0.565. The molecule has 7 heteroatoms. The molecule has 0 unspecified atom stereocenters. The third kappa shape index (κ3) is 4.01. The van der Waals surface area contributed by atoms with Crippen molar-refractivity contribution >= 4 is 5.78 Å². The number of rotatable bonds is 8. The Bertz CT molecular complexity index is 941. The molecule has 142 valence electrons. The Kier molecular flexibility index (Phi) is 6.74. The fourth-order valence-electron chi connectivity index (χ4n) is 2.87. The number of carbonyl (C=O) groups excluding carboxylic acids is 1. The predicted molar refractivity (Wildman–Crippen MR) is 99.4 cm³/mol. The number of para-hydroxylation sites is 1. The minimum absolute atomic E-state index is 0.0768. The summed E-state index contributed by atoms with van der Waals surface area (Å²) in [5.41, 5.74) is -0.478. The molecular weight excluding hydrogens is 348 g/mol. The number of aromatic hydroxyl groups is 1. The van der Waals surface area contributed by atoms with E-state index in [0.29, 0.717) is 25.4 Å². The van der Waals surface area contributed by atoms with Crippen molar-refractivity contribution in [1.82, 2.24) is 4.57 Å². The van der Waals surface area contributed by atoms with E-state index in [9.17, 15) is 20.0 Å². The molecule has 0 bridgehead atoms. The van der Waals surface area contributed by atoms with E-state index in [1.54, 1.807) is 24.3 Å². The summed E-state index contributed by atoms with van der Waals surface area (Å²) in [5.74, 6) is -0.629. The lowest BCUT2D eigenvalue weighted by Crippen LogP contribution is -2.27. The van der Waals surface area contributed by atoms with E-state index < -0.39 is 17.2 Å². The fourth-order valence-corrected chi connectivity index (χ4v) is 2.87. The highest BCUT2D eigenvalue weighted by atomic mass is 16.5. The first kappa shape index (κ1) is 20.2. The van der Waals surface area contributed by atoms with Gasteiger partial charge in [-0.3, -0.25) is 14.2 Å². The van der Waals surface area contributed by atoms with E-state index in [1.807, 2.05) is 13.0 Å². The van der Waals surface area contributed by atoms with Gasteiger partial charge in [-0.05, 0) is 38.0 Å². The monoisotopic (exact) mass is 370 g/mol. The summed E-state index contributed by atoms with van der Waals surface area (Å²) in [6.45, 7) is 4.40. The van der Waals surface area contributed by atoms with Crippen LogP contribution in [0.1, 0.15) is 40.4 Å². The van der Waals surface area contributed by atoms with Crippen LogP contribution in [0.3, 0.4) is 0 Å². The maximum atomic E-state index is 13.1. The highest BCUT2D eigenvalue weighted by Crippen LogP contribution is 2.28. The van der Waals surface area contributed by atoms with Gasteiger partial charge in [0.05, 0.1) is 18.2 Å². The molecule has 1 N–H and O–H groups in total. The van der Waals surface area contributed by atoms with Gasteiger partial charge in [-0.25, -0.2) is 0 Å². The summed E-state index contributed by atoms with van der Waals surface area (Å²) >= 11 is 0. The van der Waals surface area contributed by atoms with Crippen molar-refractivity contribution in [2.75, 3.05) is 20.3 Å². The first-order chi connectivity index (χ1) is 13.0. The molecule has 0 saturated heterocycles. The third-order valence-electron chi connectivity index (χ3n) is 4.25. The molecule has 2 rings (SSSR count). The van der Waals surface area contributed by atoms with Crippen LogP contribution < -0.4 is 10.3 Å². The Hall–Kier alpha value is -3.11. The number of nitrogens with zero attached hydrogens (tertiary/aromatic N) is 2. The molecular formula is C20H22N2O5. The summed E-state index contributed by atoms with van der Waals surface area (Å²) in [6.07, 6.45) is 0.456. The van der Waals surface area contributed by atoms with Crippen molar-refractivity contribution < 1.29 is 19.4 Å². The van der Waals surface area contributed by atoms with Gasteiger partial charge in [0.15, 0.2) is 0 Å². The van der Waals surface area contributed by atoms with Gasteiger partial charge in [0.25, 0.3) is 5.56 Å². The van der Waals surface area contributed by atoms with Gasteiger partial charge in [0, 0.05) is 19.8 Å². The number of ketones is 1. The maximum absolute atomic E-state index is 13.1. The normalized spacial score (nSPS) is 10.4. The molecule has 0 saturated carbocycles. The van der Waals surface area contributed by atoms with Crippen LogP contribution >= 0.6 is 0 Å². The third-order valence-corrected chi connectivity index (χ3v) is 4.25. The Morgan fingerprint density at radius 1 is 1.33 bits per heavy atom. The predicted octanol–water partition coefficient (Wildman–Crippen LogP) is 2.40. The van der Waals surface area contributed by atoms with Crippen molar-refractivity contribution in [2.24, 2.45) is 0 Å². The fraction of sp³-hybridized carbons (Fsp3) is 0.350. The average molecular weight is 370 g/mol. The van der Waals surface area contributed by atoms with Crippen LogP contribution in [0.5, 0.6) is 11.6 Å². The van der Waals surface area contributed by atoms with Crippen molar-refractivity contribution in [2.45, 2.75) is 26.8 Å². The van der Waals surface area contributed by atoms with Crippen molar-refractivity contribution in [3.8, 4) is 17.7 Å². The molecule has 0 radical (unpaired) electrons. The standard InChI is InChI=1S/C20H22N2O5/c1-4-27-11-7-10-22-19(24)15(12-21)13(2)17(20(22)25)18(23)14-8-5-6-9-16(14)26-3/h5-6,8-9,25H,4,7,10-11H2,1-3H3. The molecule has 2 aromatic rings. The topological polar surface area (TPSA) is 102 Å². The molecule has 1 aromatic carbocycles. The highest BCUT2D eigenvalue weighted by Gasteiger charge is 2.26. The number of nitriles is 1. The zero-order chi connectivity index (χ0) is 20.0. The van der Waals surface area contributed by atoms with E-state index in [0.717, 1.165) is 4.57 Å². The second kappa shape index (κ2) is 9.01. The summed E-state index contributed by atoms with van der Waals surface area (Å²) in [7, 11) is 1.44. The highest BCUT2D eigenvalue weighted by molar-refractivity contribution is 6.13. The van der Waals surface area contributed by atoms with Crippen LogP contribution in [0.25, 0.3) is 0 Å². The van der Waals surface area contributed by atoms with Crippen LogP contribution in [0, 0.1) is 18.3 Å². The van der Waals surface area contributed by atoms with Crippen molar-refractivity contribution in [3.05, 3.63) is 56.9 Å². The number of carbonyl (C=O) groups is 1. The van der Waals surface area contributed by atoms with Gasteiger partial charge >= 0.3 is 0 Å². The average Bonchev–Trinajstić information content (AvgIpc) is 2.67. The SMILES string of the molecule is CCOCCCn1c(O)c(C(=O)c2ccccc2OC)c(C)c(C#N)c1=O. The summed E-state index contributed by atoms with van der Waals surface area (Å²) in [6, 6.07) is 8.43. The van der Waals surface area contributed by atoms with Gasteiger partial charge in [0.1, 0.15) is 17.4 Å². The first-order valence-electron chi connectivity index (χ1n) is 8.59. The molecule has 0 aliphatic carbocycles. The minimum Gasteiger partial charge on any atom is -0.496 e. The van der Waals surface area contributed by atoms with E-state index in [-0.39, 0.29) is 28.8 Å². The number of hydrogen-bond donors (Lipinski definition) is 1. The van der Waals surface area contributed by atoms with E-state index in [1.165, 1.54) is 14.0 Å². The maximum Gasteiger partial charge on any atom is 0.271 e. The van der Waals surface area contributed by atoms with Crippen LogP contribution in [0.4, 0.5) is 0 Å². The molecule has 0 aliphatic heterocycles. The molecule has 0 fully saturated rings. The van der Waals surface area contributed by atoms with Gasteiger partial charge in [-0.1, -0.05) is 12.1 Å². The van der Waals surface area contributed by atoms with Crippen molar-refractivity contribution in [3.63, 3.8) is 0 Å². The lowest BCUT2D eigenvalue weighted by atomic mass is 9.96. The van der Waals surface area contributed by atoms with Crippen LogP contribution in [-0.2, 0) is 11.3 Å². The molecule has 0 spiro atoms. The summed E-state index contributed by atoms with van der Waals surface area (Å²) in [4.78, 5) is 25.6. The van der Waals surface area contributed by atoms with Gasteiger partial charge in [-0.2, -0.15) is 5.26 Å². The number of methoxy groups -OCH3 is 1. The van der Waals surface area contributed by atoms with E-state index >= 15 is 0 Å². The lowest BCUT2D eigenvalue weighted by molar-refractivity contribution is 0.103. The number of hydrogen-bond acceptors (Lipinski definition) is 6. The molecule has 0 aliphatic rings. The number of aromatic nitrogens is 1. The Balaban J connectivity index is 2.60. The zero-order valence-corrected chi connectivity index (χ0v) is 15.6. The number of pyridine rings is 1. The van der Waals surface area contributed by atoms with Crippen LogP contribution in [-0.4, -0.2) is 35.8 Å². The Labute approximate surface area is 157 Å². The van der Waals surface area contributed by atoms with Gasteiger partial charge in [0.2, 0.25) is 11.7 Å². The molecule has 27 heavy (non-hydrogen) atoms. The zero-order valence-electron chi connectivity index (χ0n) is 15.6.